The first kappa shape index (κ1) is 13.1. The summed E-state index contributed by atoms with van der Waals surface area (Å²) < 4.78 is 0. The number of benzene rings is 2. The molecule has 0 saturated heterocycles. The molecule has 2 heteroatoms. The number of hydrogen-bond donors (Lipinski definition) is 1. The first-order valence-electron chi connectivity index (χ1n) is 7.64. The lowest BCUT2D eigenvalue weighted by Gasteiger charge is -2.18. The molecule has 22 heavy (non-hydrogen) atoms. The standard InChI is InChI=1S/C20H17NO/c22-20-12-16(21-13-14-6-2-1-3-7-14)11-18-17-9-5-4-8-15(17)10-19(18)20/h1-9,11-12,19,21H,10,13H2. The normalized spacial score (nSPS) is 19.1. The molecule has 0 aromatic heterocycles. The zero-order valence-corrected chi connectivity index (χ0v) is 12.3. The fourth-order valence-corrected chi connectivity index (χ4v) is 3.29. The molecule has 0 bridgehead atoms. The van der Waals surface area contributed by atoms with Crippen LogP contribution in [0.4, 0.5) is 0 Å². The maximum absolute atomic E-state index is 12.4. The number of ketones is 1. The van der Waals surface area contributed by atoms with E-state index in [0.29, 0.717) is 0 Å². The van der Waals surface area contributed by atoms with Crippen molar-refractivity contribution in [3.05, 3.63) is 89.1 Å². The Morgan fingerprint density at radius 3 is 2.59 bits per heavy atom. The number of rotatable bonds is 3. The highest BCUT2D eigenvalue weighted by molar-refractivity contribution is 6.05. The second-order valence-electron chi connectivity index (χ2n) is 5.85. The van der Waals surface area contributed by atoms with Crippen LogP contribution in [0.25, 0.3) is 5.57 Å². The van der Waals surface area contributed by atoms with E-state index >= 15 is 0 Å². The van der Waals surface area contributed by atoms with Gasteiger partial charge in [0.1, 0.15) is 0 Å². The van der Waals surface area contributed by atoms with E-state index < -0.39 is 0 Å². The highest BCUT2D eigenvalue weighted by atomic mass is 16.1. The number of fused-ring (bicyclic) bond motifs is 3. The molecule has 2 aliphatic rings. The van der Waals surface area contributed by atoms with E-state index in [0.717, 1.165) is 18.7 Å². The molecule has 0 aliphatic heterocycles. The number of carbonyl (C=O) groups excluding carboxylic acids is 1. The molecular weight excluding hydrogens is 270 g/mol. The van der Waals surface area contributed by atoms with Crippen molar-refractivity contribution < 1.29 is 4.79 Å². The summed E-state index contributed by atoms with van der Waals surface area (Å²) in [7, 11) is 0. The van der Waals surface area contributed by atoms with E-state index in [9.17, 15) is 4.79 Å². The molecule has 0 spiro atoms. The van der Waals surface area contributed by atoms with E-state index in [4.69, 9.17) is 0 Å². The third-order valence-corrected chi connectivity index (χ3v) is 4.42. The van der Waals surface area contributed by atoms with Crippen molar-refractivity contribution in [3.8, 4) is 0 Å². The molecule has 1 unspecified atom stereocenters. The van der Waals surface area contributed by atoms with Gasteiger partial charge in [0, 0.05) is 18.3 Å². The zero-order valence-electron chi connectivity index (χ0n) is 12.3. The Kier molecular flexibility index (Phi) is 3.15. The van der Waals surface area contributed by atoms with E-state index in [-0.39, 0.29) is 11.7 Å². The van der Waals surface area contributed by atoms with Crippen molar-refractivity contribution in [2.24, 2.45) is 5.92 Å². The lowest BCUT2D eigenvalue weighted by molar-refractivity contribution is -0.116. The summed E-state index contributed by atoms with van der Waals surface area (Å²) in [5.41, 5.74) is 5.80. The number of carbonyl (C=O) groups is 1. The summed E-state index contributed by atoms with van der Waals surface area (Å²) in [4.78, 5) is 12.4. The summed E-state index contributed by atoms with van der Waals surface area (Å²) in [6.45, 7) is 0.732. The molecule has 1 N–H and O–H groups in total. The van der Waals surface area contributed by atoms with Gasteiger partial charge in [0.05, 0.1) is 5.92 Å². The molecule has 2 aliphatic carbocycles. The van der Waals surface area contributed by atoms with Gasteiger partial charge in [0.2, 0.25) is 0 Å². The molecule has 0 heterocycles. The Labute approximate surface area is 130 Å². The van der Waals surface area contributed by atoms with Gasteiger partial charge in [-0.3, -0.25) is 4.79 Å². The SMILES string of the molecule is O=C1C=C(NCc2ccccc2)C=C2c3ccccc3CC12. The third-order valence-electron chi connectivity index (χ3n) is 4.42. The van der Waals surface area contributed by atoms with Gasteiger partial charge < -0.3 is 5.32 Å². The van der Waals surface area contributed by atoms with Crippen molar-refractivity contribution in [1.29, 1.82) is 0 Å². The van der Waals surface area contributed by atoms with E-state index in [1.165, 1.54) is 22.3 Å². The summed E-state index contributed by atoms with van der Waals surface area (Å²) >= 11 is 0. The molecule has 0 fully saturated rings. The molecule has 2 aromatic carbocycles. The molecule has 0 saturated carbocycles. The highest BCUT2D eigenvalue weighted by Gasteiger charge is 2.33. The van der Waals surface area contributed by atoms with Crippen LogP contribution in [0.3, 0.4) is 0 Å². The van der Waals surface area contributed by atoms with Gasteiger partial charge in [-0.15, -0.1) is 0 Å². The second kappa shape index (κ2) is 5.30. The molecule has 108 valence electrons. The fourth-order valence-electron chi connectivity index (χ4n) is 3.29. The Balaban J connectivity index is 1.59. The smallest absolute Gasteiger partial charge is 0.165 e. The summed E-state index contributed by atoms with van der Waals surface area (Å²) in [5.74, 6) is 0.226. The van der Waals surface area contributed by atoms with Crippen LogP contribution < -0.4 is 5.32 Å². The Bertz CT molecular complexity index is 786. The minimum atomic E-state index is 0.0136. The zero-order chi connectivity index (χ0) is 14.9. The molecular formula is C20H17NO. The van der Waals surface area contributed by atoms with Crippen LogP contribution in [-0.4, -0.2) is 5.78 Å². The molecule has 0 radical (unpaired) electrons. The van der Waals surface area contributed by atoms with Crippen LogP contribution in [0, 0.1) is 5.92 Å². The van der Waals surface area contributed by atoms with Gasteiger partial charge in [-0.05, 0) is 34.8 Å². The van der Waals surface area contributed by atoms with E-state index in [1.54, 1.807) is 6.08 Å². The Morgan fingerprint density at radius 1 is 0.955 bits per heavy atom. The minimum absolute atomic E-state index is 0.0136. The first-order chi connectivity index (χ1) is 10.8. The first-order valence-corrected chi connectivity index (χ1v) is 7.64. The van der Waals surface area contributed by atoms with Gasteiger partial charge >= 0.3 is 0 Å². The predicted molar refractivity (Wildman–Crippen MR) is 88.0 cm³/mol. The van der Waals surface area contributed by atoms with E-state index in [1.807, 2.05) is 30.3 Å². The summed E-state index contributed by atoms with van der Waals surface area (Å²) in [5, 5.41) is 3.38. The average molecular weight is 287 g/mol. The molecule has 0 amide bonds. The molecule has 4 rings (SSSR count). The van der Waals surface area contributed by atoms with Gasteiger partial charge in [0.25, 0.3) is 0 Å². The van der Waals surface area contributed by atoms with Crippen LogP contribution in [0.15, 0.2) is 72.4 Å². The Morgan fingerprint density at radius 2 is 1.73 bits per heavy atom. The average Bonchev–Trinajstić information content (AvgIpc) is 2.94. The molecule has 2 aromatic rings. The van der Waals surface area contributed by atoms with Gasteiger partial charge in [-0.25, -0.2) is 0 Å². The largest absolute Gasteiger partial charge is 0.381 e. The van der Waals surface area contributed by atoms with E-state index in [2.05, 4.69) is 35.7 Å². The van der Waals surface area contributed by atoms with Crippen molar-refractivity contribution in [3.63, 3.8) is 0 Å². The molecule has 2 nitrogen and oxygen atoms in total. The van der Waals surface area contributed by atoms with Crippen molar-refractivity contribution in [1.82, 2.24) is 5.32 Å². The lowest BCUT2D eigenvalue weighted by atomic mass is 9.90. The van der Waals surface area contributed by atoms with Crippen LogP contribution in [0.1, 0.15) is 16.7 Å². The number of allylic oxidation sites excluding steroid dienone is 3. The van der Waals surface area contributed by atoms with Crippen LogP contribution >= 0.6 is 0 Å². The maximum atomic E-state index is 12.4. The fraction of sp³-hybridized carbons (Fsp3) is 0.150. The van der Waals surface area contributed by atoms with Crippen LogP contribution in [0.2, 0.25) is 0 Å². The van der Waals surface area contributed by atoms with Crippen molar-refractivity contribution in [2.45, 2.75) is 13.0 Å². The quantitative estimate of drug-likeness (QED) is 0.936. The maximum Gasteiger partial charge on any atom is 0.165 e. The summed E-state index contributed by atoms with van der Waals surface area (Å²) in [6, 6.07) is 18.6. The minimum Gasteiger partial charge on any atom is -0.381 e. The van der Waals surface area contributed by atoms with Gasteiger partial charge in [-0.2, -0.15) is 0 Å². The third kappa shape index (κ3) is 2.27. The predicted octanol–water partition coefficient (Wildman–Crippen LogP) is 3.50. The Hall–Kier alpha value is -2.61. The van der Waals surface area contributed by atoms with Crippen LogP contribution in [-0.2, 0) is 17.8 Å². The highest BCUT2D eigenvalue weighted by Crippen LogP contribution is 2.40. The number of nitrogens with one attached hydrogen (secondary N) is 1. The summed E-state index contributed by atoms with van der Waals surface area (Å²) in [6.07, 6.45) is 4.73. The monoisotopic (exact) mass is 287 g/mol. The van der Waals surface area contributed by atoms with Gasteiger partial charge in [-0.1, -0.05) is 54.6 Å². The second-order valence-corrected chi connectivity index (χ2v) is 5.85. The molecule has 1 atom stereocenters. The van der Waals surface area contributed by atoms with Crippen molar-refractivity contribution >= 4 is 11.4 Å². The topological polar surface area (TPSA) is 29.1 Å². The van der Waals surface area contributed by atoms with Crippen molar-refractivity contribution in [2.75, 3.05) is 0 Å². The number of hydrogen-bond acceptors (Lipinski definition) is 2. The van der Waals surface area contributed by atoms with Crippen LogP contribution in [0.5, 0.6) is 0 Å². The van der Waals surface area contributed by atoms with Gasteiger partial charge in [0.15, 0.2) is 5.78 Å². The lowest BCUT2D eigenvalue weighted by Crippen LogP contribution is -2.21.